The Morgan fingerprint density at radius 1 is 0.322 bits per heavy atom. The third-order valence-corrected chi connectivity index (χ3v) is 17.9. The van der Waals surface area contributed by atoms with Gasteiger partial charge in [0.15, 0.2) is 0 Å². The molecule has 0 saturated carbocycles. The highest BCUT2D eigenvalue weighted by Gasteiger charge is 2.39. The van der Waals surface area contributed by atoms with E-state index in [0.29, 0.717) is 11.4 Å². The smallest absolute Gasteiger partial charge is 0.313 e. The van der Waals surface area contributed by atoms with Crippen LogP contribution in [0.3, 0.4) is 0 Å². The van der Waals surface area contributed by atoms with Gasteiger partial charge in [0.25, 0.3) is 0 Å². The molecule has 0 unspecified atom stereocenters. The van der Waals surface area contributed by atoms with Crippen molar-refractivity contribution >= 4 is 120 Å². The predicted octanol–water partition coefficient (Wildman–Crippen LogP) is 16.2. The molecule has 10 nitrogen and oxygen atoms in total. The van der Waals surface area contributed by atoms with Crippen LogP contribution in [0.25, 0.3) is 32.3 Å². The Labute approximate surface area is 521 Å². The number of carbonyl (C=O) groups excluding carboxylic acids is 2. The van der Waals surface area contributed by atoms with Gasteiger partial charge in [-0.25, -0.2) is 0 Å². The highest BCUT2D eigenvalue weighted by molar-refractivity contribution is 8.01. The third-order valence-electron chi connectivity index (χ3n) is 14.5. The number of amides is 2. The Morgan fingerprint density at radius 2 is 0.563 bits per heavy atom. The van der Waals surface area contributed by atoms with Crippen molar-refractivity contribution in [2.45, 2.75) is 9.49 Å². The van der Waals surface area contributed by atoms with Crippen molar-refractivity contribution in [2.75, 3.05) is 50.8 Å². The summed E-state index contributed by atoms with van der Waals surface area (Å²) < 4.78 is -1.09. The number of hydrogen-bond acceptors (Lipinski definition) is 10. The zero-order valence-electron chi connectivity index (χ0n) is 47.6. The molecule has 0 aromatic heterocycles. The molecule has 2 amide bonds. The standard InChI is InChI=1S/C31H26N2OS.C21H18O2S.C12H12N2OS.C10H10N2/c32-28-20-10-19-27-26(28)18-11-21-29(27)33-30(34)22-35-31(23-12-4-1-5-13-23,24-14-6-2-7-15-24)25-16-8-3-9-17-25;22-20(23)16-24-21(17-10-4-1-5-11-17,18-12-6-2-7-13-18)19-14-8-3-9-15-19;13-10-5-1-4-9-8(10)3-2-6-11(9)14-12(15)7-16;11-9-5-1-3-7-8(9)4-2-6-10(7)12/h1-21H,22,32H2,(H,33,34);1-15H,16H2,(H,22,23);1-6,16H,7,13H2,(H,14,15);1-6H,11-12H2. The normalized spacial score (nSPS) is 11.0. The Bertz CT molecular complexity index is 3990. The maximum atomic E-state index is 13.3. The van der Waals surface area contributed by atoms with E-state index in [1.807, 2.05) is 182 Å². The molecule has 12 rings (SSSR count). The minimum atomic E-state index is -0.813. The first-order chi connectivity index (χ1) is 42.4. The fraction of sp³-hybridized carbons (Fsp3) is 0.0676. The van der Waals surface area contributed by atoms with Crippen LogP contribution in [-0.4, -0.2) is 40.1 Å². The Kier molecular flexibility index (Phi) is 21.1. The molecular weight excluding hydrogens is 1130 g/mol. The Morgan fingerprint density at radius 3 is 0.839 bits per heavy atom. The quantitative estimate of drug-likeness (QED) is 0.0278. The van der Waals surface area contributed by atoms with E-state index in [1.165, 1.54) is 11.8 Å². The van der Waals surface area contributed by atoms with Crippen LogP contribution in [0.15, 0.2) is 291 Å². The molecule has 0 atom stereocenters. The predicted molar refractivity (Wildman–Crippen MR) is 372 cm³/mol. The van der Waals surface area contributed by atoms with Gasteiger partial charge in [0, 0.05) is 66.4 Å². The number of benzene rings is 12. The number of thioether (sulfide) groups is 2. The number of carboxylic acids is 1. The number of fused-ring (bicyclic) bond motifs is 3. The van der Waals surface area contributed by atoms with Crippen LogP contribution >= 0.6 is 36.2 Å². The van der Waals surface area contributed by atoms with E-state index in [0.717, 1.165) is 88.4 Å². The van der Waals surface area contributed by atoms with Crippen LogP contribution in [-0.2, 0) is 23.9 Å². The average molecular weight is 1200 g/mol. The molecule has 12 aromatic rings. The van der Waals surface area contributed by atoms with Gasteiger partial charge < -0.3 is 38.7 Å². The highest BCUT2D eigenvalue weighted by atomic mass is 32.2. The molecule has 11 N–H and O–H groups in total. The second-order valence-electron chi connectivity index (χ2n) is 20.1. The van der Waals surface area contributed by atoms with Crippen molar-refractivity contribution in [3.8, 4) is 0 Å². The SMILES string of the molecule is Nc1cccc2c(N)cccc12.Nc1cccc2c(NC(=O)CS)cccc12.Nc1cccc2c(NC(=O)CSC(c3ccccc3)(c3ccccc3)c3ccccc3)cccc12.O=C(O)CSC(c1ccccc1)(c1ccccc1)c1ccccc1. The van der Waals surface area contributed by atoms with Gasteiger partial charge in [-0.1, -0.05) is 255 Å². The summed E-state index contributed by atoms with van der Waals surface area (Å²) in [6.45, 7) is 0. The number of nitrogens with one attached hydrogen (secondary N) is 2. The molecule has 0 spiro atoms. The van der Waals surface area contributed by atoms with Gasteiger partial charge >= 0.3 is 5.97 Å². The van der Waals surface area contributed by atoms with Crippen molar-refractivity contribution in [3.05, 3.63) is 325 Å². The highest BCUT2D eigenvalue weighted by Crippen LogP contribution is 2.50. The lowest BCUT2D eigenvalue weighted by Gasteiger charge is -2.35. The summed E-state index contributed by atoms with van der Waals surface area (Å²) in [5, 5.41) is 21.0. The fourth-order valence-electron chi connectivity index (χ4n) is 10.5. The number of carboxylic acid groups (broad SMARTS) is 1. The van der Waals surface area contributed by atoms with Crippen LogP contribution < -0.4 is 33.6 Å². The fourth-order valence-corrected chi connectivity index (χ4v) is 13.2. The average Bonchev–Trinajstić information content (AvgIpc) is 1.47. The van der Waals surface area contributed by atoms with E-state index in [9.17, 15) is 19.5 Å². The van der Waals surface area contributed by atoms with E-state index in [2.05, 4.69) is 132 Å². The number of nitrogen functional groups attached to an aromatic ring is 4. The zero-order valence-corrected chi connectivity index (χ0v) is 50.1. The van der Waals surface area contributed by atoms with Gasteiger partial charge in [0.1, 0.15) is 0 Å². The summed E-state index contributed by atoms with van der Waals surface area (Å²) in [6, 6.07) is 95.9. The van der Waals surface area contributed by atoms with Crippen molar-refractivity contribution in [3.63, 3.8) is 0 Å². The molecule has 87 heavy (non-hydrogen) atoms. The first-order valence-corrected chi connectivity index (χ1v) is 30.6. The molecule has 12 aromatic carbocycles. The second-order valence-corrected chi connectivity index (χ2v) is 22.8. The Balaban J connectivity index is 0.000000150. The van der Waals surface area contributed by atoms with Gasteiger partial charge in [-0.15, -0.1) is 23.5 Å². The molecule has 0 aliphatic rings. The van der Waals surface area contributed by atoms with Crippen LogP contribution in [0.1, 0.15) is 33.4 Å². The van der Waals surface area contributed by atoms with E-state index >= 15 is 0 Å². The number of carbonyl (C=O) groups is 3. The molecule has 0 fully saturated rings. The number of anilines is 6. The second kappa shape index (κ2) is 29.7. The van der Waals surface area contributed by atoms with Crippen molar-refractivity contribution < 1.29 is 19.5 Å². The van der Waals surface area contributed by atoms with Gasteiger partial charge in [0.2, 0.25) is 11.8 Å². The molecule has 0 aliphatic heterocycles. The van der Waals surface area contributed by atoms with E-state index in [-0.39, 0.29) is 29.1 Å². The lowest BCUT2D eigenvalue weighted by Crippen LogP contribution is -2.28. The Hall–Kier alpha value is -9.92. The molecule has 0 heterocycles. The third kappa shape index (κ3) is 14.8. The van der Waals surface area contributed by atoms with Crippen molar-refractivity contribution in [1.29, 1.82) is 0 Å². The summed E-state index contributed by atoms with van der Waals surface area (Å²) in [6.07, 6.45) is 0. The lowest BCUT2D eigenvalue weighted by molar-refractivity contribution is -0.134. The van der Waals surface area contributed by atoms with Crippen LogP contribution in [0.2, 0.25) is 0 Å². The monoisotopic (exact) mass is 1200 g/mol. The minimum Gasteiger partial charge on any atom is -0.481 e. The lowest BCUT2D eigenvalue weighted by atomic mass is 9.84. The maximum Gasteiger partial charge on any atom is 0.313 e. The molecular formula is C74H66N6O4S3. The first kappa shape index (κ1) is 61.6. The number of thiol groups is 1. The van der Waals surface area contributed by atoms with Gasteiger partial charge in [-0.2, -0.15) is 12.6 Å². The summed E-state index contributed by atoms with van der Waals surface area (Å²) in [5.41, 5.74) is 34.7. The molecule has 434 valence electrons. The summed E-state index contributed by atoms with van der Waals surface area (Å²) in [4.78, 5) is 35.9. The van der Waals surface area contributed by atoms with Crippen LogP contribution in [0, 0.1) is 0 Å². The number of aliphatic carboxylic acids is 1. The van der Waals surface area contributed by atoms with Crippen molar-refractivity contribution in [2.24, 2.45) is 0 Å². The summed E-state index contributed by atoms with van der Waals surface area (Å²) in [5.74, 6) is -0.531. The van der Waals surface area contributed by atoms with Crippen LogP contribution in [0.5, 0.6) is 0 Å². The molecule has 0 aliphatic carbocycles. The van der Waals surface area contributed by atoms with Gasteiger partial charge in [-0.05, 0) is 69.8 Å². The minimum absolute atomic E-state index is 0.0265. The topological polar surface area (TPSA) is 200 Å². The van der Waals surface area contributed by atoms with E-state index in [4.69, 9.17) is 22.9 Å². The number of nitrogens with two attached hydrogens (primary N) is 4. The summed E-state index contributed by atoms with van der Waals surface area (Å²) in [7, 11) is 0. The molecule has 13 heteroatoms. The number of hydrogen-bond donors (Lipinski definition) is 8. The van der Waals surface area contributed by atoms with Gasteiger partial charge in [-0.3, -0.25) is 14.4 Å². The number of rotatable bonds is 15. The van der Waals surface area contributed by atoms with Gasteiger partial charge in [0.05, 0.1) is 26.8 Å². The summed E-state index contributed by atoms with van der Waals surface area (Å²) >= 11 is 6.99. The van der Waals surface area contributed by atoms with Crippen molar-refractivity contribution in [1.82, 2.24) is 0 Å². The molecule has 0 bridgehead atoms. The first-order valence-electron chi connectivity index (χ1n) is 28.0. The van der Waals surface area contributed by atoms with E-state index in [1.54, 1.807) is 11.8 Å². The van der Waals surface area contributed by atoms with Crippen LogP contribution in [0.4, 0.5) is 34.1 Å². The molecule has 0 radical (unpaired) electrons. The molecule has 0 saturated heterocycles. The largest absolute Gasteiger partial charge is 0.481 e. The maximum absolute atomic E-state index is 13.3. The van der Waals surface area contributed by atoms with E-state index < -0.39 is 15.5 Å². The zero-order chi connectivity index (χ0) is 61.0.